The average molecular weight is 175 g/mol. The number of aliphatic imine (C=N–C) groups is 1. The molecule has 0 fully saturated rings. The van der Waals surface area contributed by atoms with Crippen LogP contribution in [0.5, 0.6) is 5.75 Å². The molecule has 68 valence electrons. The Morgan fingerprint density at radius 2 is 2.15 bits per heavy atom. The van der Waals surface area contributed by atoms with Crippen molar-refractivity contribution in [3.8, 4) is 5.75 Å². The number of methoxy groups -OCH3 is 1. The third kappa shape index (κ3) is 1.96. The smallest absolute Gasteiger partial charge is 0.119 e. The van der Waals surface area contributed by atoms with Gasteiger partial charge in [0.15, 0.2) is 0 Å². The molecular formula is C11H13NO. The normalized spacial score (nSPS) is 9.38. The molecule has 0 unspecified atom stereocenters. The summed E-state index contributed by atoms with van der Waals surface area (Å²) in [4.78, 5) is 3.90. The number of hydrogen-bond acceptors (Lipinski definition) is 2. The molecule has 2 heteroatoms. The molecule has 0 saturated heterocycles. The number of benzene rings is 1. The summed E-state index contributed by atoms with van der Waals surface area (Å²) in [7, 11) is 1.64. The largest absolute Gasteiger partial charge is 0.497 e. The van der Waals surface area contributed by atoms with Crippen molar-refractivity contribution < 1.29 is 4.74 Å². The molecule has 0 atom stereocenters. The molecule has 0 radical (unpaired) electrons. The van der Waals surface area contributed by atoms with Gasteiger partial charge < -0.3 is 4.74 Å². The summed E-state index contributed by atoms with van der Waals surface area (Å²) < 4.78 is 5.10. The fourth-order valence-corrected chi connectivity index (χ4v) is 1.12. The summed E-state index contributed by atoms with van der Waals surface area (Å²) in [5, 5.41) is 0. The van der Waals surface area contributed by atoms with Gasteiger partial charge in [0.2, 0.25) is 0 Å². The first-order chi connectivity index (χ1) is 6.19. The number of allylic oxidation sites excluding steroid dienone is 1. The SMILES string of the molecule is C=Nc1ccc(OC)cc1C(=C)C. The molecule has 13 heavy (non-hydrogen) atoms. The first kappa shape index (κ1) is 9.52. The zero-order valence-corrected chi connectivity index (χ0v) is 8.00. The second-order valence-corrected chi connectivity index (χ2v) is 2.82. The molecule has 0 aliphatic carbocycles. The van der Waals surface area contributed by atoms with E-state index < -0.39 is 0 Å². The van der Waals surface area contributed by atoms with Gasteiger partial charge in [-0.2, -0.15) is 0 Å². The Kier molecular flexibility index (Phi) is 2.85. The van der Waals surface area contributed by atoms with Crippen molar-refractivity contribution >= 4 is 18.0 Å². The van der Waals surface area contributed by atoms with Crippen LogP contribution < -0.4 is 4.74 Å². The molecule has 0 spiro atoms. The van der Waals surface area contributed by atoms with Crippen LogP contribution >= 0.6 is 0 Å². The summed E-state index contributed by atoms with van der Waals surface area (Å²) in [6.07, 6.45) is 0. The number of ether oxygens (including phenoxy) is 1. The van der Waals surface area contributed by atoms with Gasteiger partial charge in [0, 0.05) is 5.56 Å². The van der Waals surface area contributed by atoms with Crippen LogP contribution in [0.15, 0.2) is 29.8 Å². The number of nitrogens with zero attached hydrogens (tertiary/aromatic N) is 1. The van der Waals surface area contributed by atoms with Gasteiger partial charge >= 0.3 is 0 Å². The van der Waals surface area contributed by atoms with Gasteiger partial charge in [0.1, 0.15) is 5.75 Å². The van der Waals surface area contributed by atoms with E-state index >= 15 is 0 Å². The van der Waals surface area contributed by atoms with Gasteiger partial charge in [-0.25, -0.2) is 0 Å². The van der Waals surface area contributed by atoms with E-state index in [0.29, 0.717) is 0 Å². The molecular weight excluding hydrogens is 162 g/mol. The Morgan fingerprint density at radius 1 is 1.46 bits per heavy atom. The Balaban J connectivity index is 3.25. The van der Waals surface area contributed by atoms with E-state index in [9.17, 15) is 0 Å². The summed E-state index contributed by atoms with van der Waals surface area (Å²) >= 11 is 0. The minimum Gasteiger partial charge on any atom is -0.497 e. The van der Waals surface area contributed by atoms with Gasteiger partial charge in [-0.3, -0.25) is 4.99 Å². The predicted molar refractivity (Wildman–Crippen MR) is 56.9 cm³/mol. The fourth-order valence-electron chi connectivity index (χ4n) is 1.12. The van der Waals surface area contributed by atoms with E-state index in [1.807, 2.05) is 25.1 Å². The third-order valence-corrected chi connectivity index (χ3v) is 1.83. The van der Waals surface area contributed by atoms with Crippen molar-refractivity contribution in [2.24, 2.45) is 4.99 Å². The molecule has 1 rings (SSSR count). The van der Waals surface area contributed by atoms with Crippen LogP contribution in [-0.2, 0) is 0 Å². The highest BCUT2D eigenvalue weighted by molar-refractivity contribution is 5.74. The standard InChI is InChI=1S/C11H13NO/c1-8(2)10-7-9(13-4)5-6-11(10)12-3/h5-7H,1,3H2,2,4H3. The van der Waals surface area contributed by atoms with Crippen molar-refractivity contribution in [1.29, 1.82) is 0 Å². The van der Waals surface area contributed by atoms with E-state index in [1.54, 1.807) is 7.11 Å². The first-order valence-corrected chi connectivity index (χ1v) is 3.99. The highest BCUT2D eigenvalue weighted by Crippen LogP contribution is 2.28. The van der Waals surface area contributed by atoms with E-state index in [0.717, 1.165) is 22.6 Å². The summed E-state index contributed by atoms with van der Waals surface area (Å²) in [6.45, 7) is 9.30. The van der Waals surface area contributed by atoms with E-state index in [1.165, 1.54) is 0 Å². The van der Waals surface area contributed by atoms with Crippen LogP contribution in [-0.4, -0.2) is 13.8 Å². The molecule has 1 aromatic rings. The van der Waals surface area contributed by atoms with E-state index in [2.05, 4.69) is 18.3 Å². The average Bonchev–Trinajstić information content (AvgIpc) is 2.16. The van der Waals surface area contributed by atoms with Crippen LogP contribution in [0, 0.1) is 0 Å². The van der Waals surface area contributed by atoms with Gasteiger partial charge in [-0.1, -0.05) is 6.58 Å². The monoisotopic (exact) mass is 175 g/mol. The van der Waals surface area contributed by atoms with Crippen LogP contribution in [0.1, 0.15) is 12.5 Å². The molecule has 0 aliphatic rings. The third-order valence-electron chi connectivity index (χ3n) is 1.83. The van der Waals surface area contributed by atoms with E-state index in [4.69, 9.17) is 4.74 Å². The maximum absolute atomic E-state index is 5.10. The number of rotatable bonds is 3. The predicted octanol–water partition coefficient (Wildman–Crippen LogP) is 3.06. The highest BCUT2D eigenvalue weighted by atomic mass is 16.5. The van der Waals surface area contributed by atoms with Gasteiger partial charge in [0.25, 0.3) is 0 Å². The van der Waals surface area contributed by atoms with E-state index in [-0.39, 0.29) is 0 Å². The molecule has 0 aromatic heterocycles. The number of hydrogen-bond donors (Lipinski definition) is 0. The van der Waals surface area contributed by atoms with Crippen LogP contribution in [0.25, 0.3) is 5.57 Å². The van der Waals surface area contributed by atoms with Crippen molar-refractivity contribution in [3.05, 3.63) is 30.3 Å². The fraction of sp³-hybridized carbons (Fsp3) is 0.182. The first-order valence-electron chi connectivity index (χ1n) is 3.99. The Morgan fingerprint density at radius 3 is 2.62 bits per heavy atom. The summed E-state index contributed by atoms with van der Waals surface area (Å²) in [5.41, 5.74) is 2.78. The summed E-state index contributed by atoms with van der Waals surface area (Å²) in [6, 6.07) is 5.64. The van der Waals surface area contributed by atoms with Gasteiger partial charge in [-0.05, 0) is 37.4 Å². The van der Waals surface area contributed by atoms with Gasteiger partial charge in [0.05, 0.1) is 12.8 Å². The summed E-state index contributed by atoms with van der Waals surface area (Å²) in [5.74, 6) is 0.811. The molecule has 1 aromatic carbocycles. The second kappa shape index (κ2) is 3.90. The molecule has 0 aliphatic heterocycles. The lowest BCUT2D eigenvalue weighted by atomic mass is 10.1. The van der Waals surface area contributed by atoms with Crippen LogP contribution in [0.4, 0.5) is 5.69 Å². The highest BCUT2D eigenvalue weighted by Gasteiger charge is 2.02. The maximum atomic E-state index is 5.10. The lowest BCUT2D eigenvalue weighted by molar-refractivity contribution is 0.414. The zero-order chi connectivity index (χ0) is 9.84. The molecule has 2 nitrogen and oxygen atoms in total. The van der Waals surface area contributed by atoms with Crippen molar-refractivity contribution in [2.45, 2.75) is 6.92 Å². The molecule has 0 N–H and O–H groups in total. The maximum Gasteiger partial charge on any atom is 0.119 e. The van der Waals surface area contributed by atoms with Crippen LogP contribution in [0.2, 0.25) is 0 Å². The minimum absolute atomic E-state index is 0.811. The Bertz CT molecular complexity index is 342. The quantitative estimate of drug-likeness (QED) is 0.647. The van der Waals surface area contributed by atoms with Crippen LogP contribution in [0.3, 0.4) is 0 Å². The second-order valence-electron chi connectivity index (χ2n) is 2.82. The van der Waals surface area contributed by atoms with Crippen molar-refractivity contribution in [3.63, 3.8) is 0 Å². The molecule has 0 bridgehead atoms. The Hall–Kier alpha value is -1.57. The van der Waals surface area contributed by atoms with Crippen molar-refractivity contribution in [2.75, 3.05) is 7.11 Å². The zero-order valence-electron chi connectivity index (χ0n) is 8.00. The molecule has 0 amide bonds. The molecule has 0 heterocycles. The molecule has 0 saturated carbocycles. The van der Waals surface area contributed by atoms with Gasteiger partial charge in [-0.15, -0.1) is 0 Å². The topological polar surface area (TPSA) is 21.6 Å². The van der Waals surface area contributed by atoms with Crippen molar-refractivity contribution in [1.82, 2.24) is 0 Å². The Labute approximate surface area is 78.6 Å². The minimum atomic E-state index is 0.811. The lowest BCUT2D eigenvalue weighted by Gasteiger charge is -2.06. The lowest BCUT2D eigenvalue weighted by Crippen LogP contribution is -1.85.